The Kier molecular flexibility index (Phi) is 5.53. The molecule has 0 amide bonds. The Hall–Kier alpha value is -1.65. The fraction of sp³-hybridized carbons (Fsp3) is 0.471. The first-order valence-electron chi connectivity index (χ1n) is 7.55. The molecular formula is C17H25N3O. The summed E-state index contributed by atoms with van der Waals surface area (Å²) in [5.41, 5.74) is 1.89. The number of nitrogens with zero attached hydrogens (tertiary/aromatic N) is 3. The van der Waals surface area contributed by atoms with Gasteiger partial charge < -0.3 is 14.9 Å². The van der Waals surface area contributed by atoms with E-state index >= 15 is 0 Å². The van der Waals surface area contributed by atoms with E-state index in [-0.39, 0.29) is 6.61 Å². The van der Waals surface area contributed by atoms with Crippen LogP contribution in [0.4, 0.5) is 5.82 Å². The number of hydrogen-bond donors (Lipinski definition) is 1. The lowest BCUT2D eigenvalue weighted by Crippen LogP contribution is -2.33. The highest BCUT2D eigenvalue weighted by Gasteiger charge is 2.11. The number of aliphatic hydroxyl groups excluding tert-OH is 1. The maximum Gasteiger partial charge on any atom is 0.129 e. The molecule has 0 bridgehead atoms. The topological polar surface area (TPSA) is 39.6 Å². The van der Waals surface area contributed by atoms with Crippen molar-refractivity contribution < 1.29 is 5.11 Å². The number of pyridine rings is 1. The van der Waals surface area contributed by atoms with Gasteiger partial charge in [-0.3, -0.25) is 0 Å². The first-order valence-corrected chi connectivity index (χ1v) is 7.55. The van der Waals surface area contributed by atoms with E-state index in [1.807, 2.05) is 30.3 Å². The first-order chi connectivity index (χ1) is 10.2. The average molecular weight is 287 g/mol. The van der Waals surface area contributed by atoms with Gasteiger partial charge in [0, 0.05) is 25.0 Å². The predicted molar refractivity (Wildman–Crippen MR) is 88.7 cm³/mol. The second-order valence-corrected chi connectivity index (χ2v) is 5.61. The number of rotatable bonds is 7. The molecule has 0 unspecified atom stereocenters. The summed E-state index contributed by atoms with van der Waals surface area (Å²) in [5.74, 6) is 0.960. The van der Waals surface area contributed by atoms with Gasteiger partial charge in [0.15, 0.2) is 0 Å². The van der Waals surface area contributed by atoms with Crippen LogP contribution >= 0.6 is 0 Å². The van der Waals surface area contributed by atoms with Gasteiger partial charge in [0.05, 0.1) is 12.1 Å². The van der Waals surface area contributed by atoms with Crippen molar-refractivity contribution >= 4 is 16.7 Å². The van der Waals surface area contributed by atoms with Gasteiger partial charge in [-0.2, -0.15) is 0 Å². The smallest absolute Gasteiger partial charge is 0.129 e. The first kappa shape index (κ1) is 15.7. The normalized spacial score (nSPS) is 11.3. The molecule has 0 fully saturated rings. The molecule has 114 valence electrons. The summed E-state index contributed by atoms with van der Waals surface area (Å²) in [6.07, 6.45) is 1.08. The highest BCUT2D eigenvalue weighted by molar-refractivity contribution is 5.84. The number of anilines is 1. The number of hydrogen-bond acceptors (Lipinski definition) is 4. The maximum absolute atomic E-state index is 9.64. The largest absolute Gasteiger partial charge is 0.392 e. The van der Waals surface area contributed by atoms with Gasteiger partial charge in [0.2, 0.25) is 0 Å². The van der Waals surface area contributed by atoms with Crippen molar-refractivity contribution in [3.8, 4) is 0 Å². The molecule has 2 aromatic rings. The summed E-state index contributed by atoms with van der Waals surface area (Å²) in [7, 11) is 4.16. The summed E-state index contributed by atoms with van der Waals surface area (Å²) >= 11 is 0. The molecule has 1 heterocycles. The Bertz CT molecular complexity index is 583. The van der Waals surface area contributed by atoms with E-state index < -0.39 is 0 Å². The molecule has 0 radical (unpaired) electrons. The summed E-state index contributed by atoms with van der Waals surface area (Å²) in [4.78, 5) is 9.25. The van der Waals surface area contributed by atoms with Crippen LogP contribution in [0.2, 0.25) is 0 Å². The summed E-state index contributed by atoms with van der Waals surface area (Å²) < 4.78 is 0. The lowest BCUT2D eigenvalue weighted by molar-refractivity contribution is 0.283. The molecule has 0 spiro atoms. The van der Waals surface area contributed by atoms with Crippen LogP contribution in [0.1, 0.15) is 18.9 Å². The van der Waals surface area contributed by atoms with Gasteiger partial charge in [-0.25, -0.2) is 4.98 Å². The quantitative estimate of drug-likeness (QED) is 0.849. The van der Waals surface area contributed by atoms with Gasteiger partial charge >= 0.3 is 0 Å². The van der Waals surface area contributed by atoms with Crippen LogP contribution in [0.5, 0.6) is 0 Å². The van der Waals surface area contributed by atoms with Gasteiger partial charge in [-0.05, 0) is 38.2 Å². The number of para-hydroxylation sites is 1. The molecule has 1 aromatic carbocycles. The molecule has 21 heavy (non-hydrogen) atoms. The maximum atomic E-state index is 9.64. The predicted octanol–water partition coefficient (Wildman–Crippen LogP) is 2.51. The summed E-state index contributed by atoms with van der Waals surface area (Å²) in [5, 5.41) is 10.7. The number of aromatic nitrogens is 1. The lowest BCUT2D eigenvalue weighted by Gasteiger charge is -2.25. The van der Waals surface area contributed by atoms with E-state index in [2.05, 4.69) is 30.8 Å². The summed E-state index contributed by atoms with van der Waals surface area (Å²) in [6, 6.07) is 10.0. The Morgan fingerprint density at radius 2 is 1.86 bits per heavy atom. The fourth-order valence-electron chi connectivity index (χ4n) is 2.46. The van der Waals surface area contributed by atoms with Crippen molar-refractivity contribution in [3.63, 3.8) is 0 Å². The molecule has 0 aliphatic carbocycles. The van der Waals surface area contributed by atoms with Crippen molar-refractivity contribution in [1.29, 1.82) is 0 Å². The molecule has 4 nitrogen and oxygen atoms in total. The van der Waals surface area contributed by atoms with Crippen LogP contribution in [-0.2, 0) is 6.61 Å². The van der Waals surface area contributed by atoms with E-state index in [1.54, 1.807) is 0 Å². The molecule has 1 N–H and O–H groups in total. The van der Waals surface area contributed by atoms with Crippen molar-refractivity contribution in [2.24, 2.45) is 0 Å². The van der Waals surface area contributed by atoms with Gasteiger partial charge in [-0.1, -0.05) is 25.1 Å². The number of likely N-dealkylation sites (N-methyl/N-ethyl adjacent to an activating group) is 1. The van der Waals surface area contributed by atoms with E-state index in [1.165, 1.54) is 0 Å². The Morgan fingerprint density at radius 1 is 1.10 bits per heavy atom. The van der Waals surface area contributed by atoms with E-state index in [9.17, 15) is 5.11 Å². The highest BCUT2D eigenvalue weighted by atomic mass is 16.3. The SMILES string of the molecule is CCCN(CCN(C)C)c1cc(CO)c2ccccc2n1. The van der Waals surface area contributed by atoms with Crippen LogP contribution in [0.3, 0.4) is 0 Å². The van der Waals surface area contributed by atoms with Gasteiger partial charge in [0.25, 0.3) is 0 Å². The van der Waals surface area contributed by atoms with E-state index in [0.29, 0.717) is 0 Å². The Morgan fingerprint density at radius 3 is 2.52 bits per heavy atom. The number of fused-ring (bicyclic) bond motifs is 1. The third-order valence-corrected chi connectivity index (χ3v) is 3.59. The minimum absolute atomic E-state index is 0.0453. The Balaban J connectivity index is 2.37. The number of benzene rings is 1. The second kappa shape index (κ2) is 7.38. The third-order valence-electron chi connectivity index (χ3n) is 3.59. The van der Waals surface area contributed by atoms with Crippen molar-refractivity contribution in [1.82, 2.24) is 9.88 Å². The highest BCUT2D eigenvalue weighted by Crippen LogP contribution is 2.23. The minimum atomic E-state index is 0.0453. The average Bonchev–Trinajstić information content (AvgIpc) is 2.50. The fourth-order valence-corrected chi connectivity index (χ4v) is 2.46. The molecule has 0 saturated heterocycles. The van der Waals surface area contributed by atoms with Crippen molar-refractivity contribution in [2.75, 3.05) is 38.6 Å². The molecule has 2 rings (SSSR count). The zero-order valence-electron chi connectivity index (χ0n) is 13.2. The summed E-state index contributed by atoms with van der Waals surface area (Å²) in [6.45, 7) is 5.13. The Labute approximate surface area is 127 Å². The second-order valence-electron chi connectivity index (χ2n) is 5.61. The monoisotopic (exact) mass is 287 g/mol. The van der Waals surface area contributed by atoms with Crippen LogP contribution in [0.25, 0.3) is 10.9 Å². The third kappa shape index (κ3) is 3.93. The minimum Gasteiger partial charge on any atom is -0.392 e. The van der Waals surface area contributed by atoms with E-state index in [4.69, 9.17) is 4.98 Å². The van der Waals surface area contributed by atoms with Gasteiger partial charge in [0.1, 0.15) is 5.82 Å². The number of aliphatic hydroxyl groups is 1. The zero-order valence-corrected chi connectivity index (χ0v) is 13.2. The standard InChI is InChI=1S/C17H25N3O/c1-4-9-20(11-10-19(2)3)17-12-14(13-21)15-7-5-6-8-16(15)18-17/h5-8,12,21H,4,9-11,13H2,1-3H3. The zero-order chi connectivity index (χ0) is 15.2. The van der Waals surface area contributed by atoms with Gasteiger partial charge in [-0.15, -0.1) is 0 Å². The van der Waals surface area contributed by atoms with Crippen LogP contribution < -0.4 is 4.90 Å². The molecule has 1 aromatic heterocycles. The molecule has 0 aliphatic heterocycles. The molecular weight excluding hydrogens is 262 g/mol. The molecule has 0 aliphatic rings. The van der Waals surface area contributed by atoms with Crippen molar-refractivity contribution in [2.45, 2.75) is 20.0 Å². The van der Waals surface area contributed by atoms with Crippen LogP contribution in [0, 0.1) is 0 Å². The van der Waals surface area contributed by atoms with Crippen molar-refractivity contribution in [3.05, 3.63) is 35.9 Å². The lowest BCUT2D eigenvalue weighted by atomic mass is 10.1. The molecule has 0 saturated carbocycles. The molecule has 0 atom stereocenters. The molecule has 4 heteroatoms. The van der Waals surface area contributed by atoms with Crippen LogP contribution in [0.15, 0.2) is 30.3 Å². The van der Waals surface area contributed by atoms with E-state index in [0.717, 1.165) is 48.3 Å². The van der Waals surface area contributed by atoms with Crippen LogP contribution in [-0.4, -0.2) is 48.7 Å².